The van der Waals surface area contributed by atoms with Gasteiger partial charge in [-0.15, -0.1) is 10.2 Å². The first-order valence-corrected chi connectivity index (χ1v) is 10.1. The zero-order valence-electron chi connectivity index (χ0n) is 16.2. The third kappa shape index (κ3) is 3.39. The lowest BCUT2D eigenvalue weighted by Gasteiger charge is -2.12. The molecule has 0 saturated heterocycles. The van der Waals surface area contributed by atoms with Crippen LogP contribution in [0, 0.1) is 0 Å². The van der Waals surface area contributed by atoms with E-state index in [1.165, 1.54) is 11.8 Å². The predicted molar refractivity (Wildman–Crippen MR) is 109 cm³/mol. The fourth-order valence-electron chi connectivity index (χ4n) is 3.13. The largest absolute Gasteiger partial charge is 0.454 e. The summed E-state index contributed by atoms with van der Waals surface area (Å²) in [5.41, 5.74) is 1.51. The van der Waals surface area contributed by atoms with Crippen molar-refractivity contribution < 1.29 is 23.7 Å². The van der Waals surface area contributed by atoms with E-state index in [2.05, 4.69) is 15.5 Å². The number of thioether (sulfide) groups is 1. The summed E-state index contributed by atoms with van der Waals surface area (Å²) in [6.07, 6.45) is 0. The van der Waals surface area contributed by atoms with Gasteiger partial charge >= 0.3 is 0 Å². The molecule has 1 amide bonds. The average Bonchev–Trinajstić information content (AvgIpc) is 3.47. The minimum absolute atomic E-state index is 0.147. The topological polar surface area (TPSA) is 96.7 Å². The summed E-state index contributed by atoms with van der Waals surface area (Å²) < 4.78 is 23.3. The van der Waals surface area contributed by atoms with Gasteiger partial charge in [0, 0.05) is 24.4 Å². The van der Waals surface area contributed by atoms with Gasteiger partial charge < -0.3 is 28.8 Å². The highest BCUT2D eigenvalue weighted by atomic mass is 32.2. The van der Waals surface area contributed by atoms with Crippen LogP contribution in [0.1, 0.15) is 6.92 Å². The van der Waals surface area contributed by atoms with Crippen LogP contribution in [-0.4, -0.2) is 39.5 Å². The van der Waals surface area contributed by atoms with Gasteiger partial charge in [0.2, 0.25) is 19.5 Å². The van der Waals surface area contributed by atoms with E-state index in [1.54, 1.807) is 18.2 Å². The zero-order chi connectivity index (χ0) is 20.7. The van der Waals surface area contributed by atoms with Crippen LogP contribution in [0.3, 0.4) is 0 Å². The molecule has 1 unspecified atom stereocenters. The van der Waals surface area contributed by atoms with Crippen LogP contribution >= 0.6 is 11.8 Å². The minimum Gasteiger partial charge on any atom is -0.454 e. The Morgan fingerprint density at radius 3 is 2.43 bits per heavy atom. The summed E-state index contributed by atoms with van der Waals surface area (Å²) in [5, 5.41) is 11.7. The Morgan fingerprint density at radius 1 is 1.00 bits per heavy atom. The molecule has 1 N–H and O–H groups in total. The van der Waals surface area contributed by atoms with E-state index >= 15 is 0 Å². The summed E-state index contributed by atoms with van der Waals surface area (Å²) in [7, 11) is 1.87. The molecule has 1 aromatic heterocycles. The molecule has 0 aliphatic carbocycles. The van der Waals surface area contributed by atoms with Crippen LogP contribution < -0.4 is 24.3 Å². The highest BCUT2D eigenvalue weighted by Gasteiger charge is 2.22. The second-order valence-electron chi connectivity index (χ2n) is 6.75. The Hall–Kier alpha value is -3.40. The molecule has 0 saturated carbocycles. The Kier molecular flexibility index (Phi) is 4.62. The third-order valence-electron chi connectivity index (χ3n) is 4.76. The molecule has 0 spiro atoms. The van der Waals surface area contributed by atoms with E-state index in [-0.39, 0.29) is 24.7 Å². The predicted octanol–water partition coefficient (Wildman–Crippen LogP) is 3.06. The molecule has 2 aliphatic rings. The van der Waals surface area contributed by atoms with Crippen molar-refractivity contribution in [1.29, 1.82) is 0 Å². The quantitative estimate of drug-likeness (QED) is 0.622. The van der Waals surface area contributed by atoms with Gasteiger partial charge in [0.15, 0.2) is 34.0 Å². The zero-order valence-corrected chi connectivity index (χ0v) is 17.1. The van der Waals surface area contributed by atoms with Crippen LogP contribution in [-0.2, 0) is 11.8 Å². The summed E-state index contributed by atoms with van der Waals surface area (Å²) >= 11 is 1.33. The lowest BCUT2D eigenvalue weighted by molar-refractivity contribution is -0.115. The van der Waals surface area contributed by atoms with Crippen molar-refractivity contribution in [2.45, 2.75) is 17.3 Å². The number of benzene rings is 2. The number of ether oxygens (including phenoxy) is 4. The van der Waals surface area contributed by atoms with Gasteiger partial charge in [-0.3, -0.25) is 4.79 Å². The molecule has 3 heterocycles. The first-order chi connectivity index (χ1) is 14.6. The van der Waals surface area contributed by atoms with Gasteiger partial charge in [-0.05, 0) is 37.3 Å². The summed E-state index contributed by atoms with van der Waals surface area (Å²) in [5.74, 6) is 3.22. The van der Waals surface area contributed by atoms with E-state index in [0.29, 0.717) is 39.7 Å². The van der Waals surface area contributed by atoms with Gasteiger partial charge in [-0.1, -0.05) is 11.8 Å². The fraction of sp³-hybridized carbons (Fsp3) is 0.250. The van der Waals surface area contributed by atoms with Crippen molar-refractivity contribution in [2.24, 2.45) is 7.05 Å². The molecule has 154 valence electrons. The van der Waals surface area contributed by atoms with E-state index < -0.39 is 0 Å². The van der Waals surface area contributed by atoms with Crippen molar-refractivity contribution >= 4 is 23.4 Å². The number of amides is 1. The Labute approximate surface area is 176 Å². The fourth-order valence-corrected chi connectivity index (χ4v) is 3.95. The number of hydrogen-bond acceptors (Lipinski definition) is 8. The number of carbonyl (C=O) groups is 1. The molecule has 3 aromatic rings. The SMILES string of the molecule is CC(Sc1nnc(-c2ccc3c(c2)OCO3)n1C)C(=O)Nc1ccc2c(c1)OCO2. The van der Waals surface area contributed by atoms with Crippen LogP contribution in [0.4, 0.5) is 5.69 Å². The average molecular weight is 426 g/mol. The maximum Gasteiger partial charge on any atom is 0.237 e. The maximum absolute atomic E-state index is 12.6. The molecule has 0 radical (unpaired) electrons. The third-order valence-corrected chi connectivity index (χ3v) is 5.89. The first kappa shape index (κ1) is 18.6. The van der Waals surface area contributed by atoms with Crippen molar-refractivity contribution in [3.8, 4) is 34.4 Å². The molecule has 2 aliphatic heterocycles. The molecule has 30 heavy (non-hydrogen) atoms. The van der Waals surface area contributed by atoms with Gasteiger partial charge in [0.05, 0.1) is 5.25 Å². The van der Waals surface area contributed by atoms with Crippen molar-refractivity contribution in [3.63, 3.8) is 0 Å². The molecular weight excluding hydrogens is 408 g/mol. The van der Waals surface area contributed by atoms with E-state index in [9.17, 15) is 4.79 Å². The highest BCUT2D eigenvalue weighted by Crippen LogP contribution is 2.37. The first-order valence-electron chi connectivity index (χ1n) is 9.25. The second-order valence-corrected chi connectivity index (χ2v) is 8.06. The van der Waals surface area contributed by atoms with Gasteiger partial charge in [0.1, 0.15) is 0 Å². The number of nitrogens with one attached hydrogen (secondary N) is 1. The van der Waals surface area contributed by atoms with E-state index in [0.717, 1.165) is 5.56 Å². The minimum atomic E-state index is -0.386. The number of anilines is 1. The lowest BCUT2D eigenvalue weighted by atomic mass is 10.2. The van der Waals surface area contributed by atoms with E-state index in [4.69, 9.17) is 18.9 Å². The van der Waals surface area contributed by atoms with Crippen LogP contribution in [0.5, 0.6) is 23.0 Å². The molecule has 0 bridgehead atoms. The number of fused-ring (bicyclic) bond motifs is 2. The molecule has 2 aromatic carbocycles. The van der Waals surface area contributed by atoms with Crippen LogP contribution in [0.25, 0.3) is 11.4 Å². The standard InChI is InChI=1S/C20H18N4O5S/c1-11(19(25)21-13-4-6-15-17(8-13)29-10-27-15)30-20-23-22-18(24(20)2)12-3-5-14-16(7-12)28-9-26-14/h3-8,11H,9-10H2,1-2H3,(H,21,25). The number of rotatable bonds is 5. The molecule has 9 nitrogen and oxygen atoms in total. The molecular formula is C20H18N4O5S. The monoisotopic (exact) mass is 426 g/mol. The number of nitrogens with zero attached hydrogens (tertiary/aromatic N) is 3. The second kappa shape index (κ2) is 7.45. The summed E-state index contributed by atoms with van der Waals surface area (Å²) in [4.78, 5) is 12.6. The lowest BCUT2D eigenvalue weighted by Crippen LogP contribution is -2.22. The smallest absolute Gasteiger partial charge is 0.237 e. The number of hydrogen-bond donors (Lipinski definition) is 1. The van der Waals surface area contributed by atoms with Gasteiger partial charge in [-0.25, -0.2) is 0 Å². The van der Waals surface area contributed by atoms with Crippen molar-refractivity contribution in [3.05, 3.63) is 36.4 Å². The van der Waals surface area contributed by atoms with Gasteiger partial charge in [-0.2, -0.15) is 0 Å². The maximum atomic E-state index is 12.6. The van der Waals surface area contributed by atoms with E-state index in [1.807, 2.05) is 36.7 Å². The number of carbonyl (C=O) groups excluding carboxylic acids is 1. The Morgan fingerprint density at radius 2 is 1.67 bits per heavy atom. The Balaban J connectivity index is 1.28. The summed E-state index contributed by atoms with van der Waals surface area (Å²) in [6, 6.07) is 10.9. The number of aromatic nitrogens is 3. The summed E-state index contributed by atoms with van der Waals surface area (Å²) in [6.45, 7) is 2.23. The van der Waals surface area contributed by atoms with Crippen LogP contribution in [0.15, 0.2) is 41.6 Å². The Bertz CT molecular complexity index is 1130. The molecule has 0 fully saturated rings. The van der Waals surface area contributed by atoms with Crippen molar-refractivity contribution in [1.82, 2.24) is 14.8 Å². The normalized spacial score (nSPS) is 14.6. The van der Waals surface area contributed by atoms with Gasteiger partial charge in [0.25, 0.3) is 0 Å². The van der Waals surface area contributed by atoms with Crippen molar-refractivity contribution in [2.75, 3.05) is 18.9 Å². The molecule has 1 atom stereocenters. The van der Waals surface area contributed by atoms with Crippen LogP contribution in [0.2, 0.25) is 0 Å². The molecule has 10 heteroatoms. The highest BCUT2D eigenvalue weighted by molar-refractivity contribution is 8.00. The molecule has 5 rings (SSSR count).